The summed E-state index contributed by atoms with van der Waals surface area (Å²) < 4.78 is 0. The van der Waals surface area contributed by atoms with Crippen molar-refractivity contribution in [1.29, 1.82) is 0 Å². The Hall–Kier alpha value is -2.11. The summed E-state index contributed by atoms with van der Waals surface area (Å²) in [7, 11) is 0. The number of pyridine rings is 1. The number of rotatable bonds is 2. The van der Waals surface area contributed by atoms with Gasteiger partial charge >= 0.3 is 12.0 Å². The number of carboxylic acid groups (broad SMARTS) is 1. The molecule has 108 valence electrons. The molecule has 0 aliphatic carbocycles. The highest BCUT2D eigenvalue weighted by atomic mass is 16.4. The van der Waals surface area contributed by atoms with E-state index >= 15 is 0 Å². The Morgan fingerprint density at radius 3 is 2.75 bits per heavy atom. The van der Waals surface area contributed by atoms with E-state index < -0.39 is 5.97 Å². The van der Waals surface area contributed by atoms with Gasteiger partial charge in [-0.3, -0.25) is 0 Å². The van der Waals surface area contributed by atoms with E-state index in [-0.39, 0.29) is 17.8 Å². The second-order valence-corrected chi connectivity index (χ2v) is 5.22. The van der Waals surface area contributed by atoms with Gasteiger partial charge in [0.15, 0.2) is 0 Å². The molecule has 1 aromatic heterocycles. The quantitative estimate of drug-likeness (QED) is 0.869. The van der Waals surface area contributed by atoms with Crippen molar-refractivity contribution < 1.29 is 14.7 Å². The Morgan fingerprint density at radius 1 is 1.40 bits per heavy atom. The average molecular weight is 277 g/mol. The van der Waals surface area contributed by atoms with Gasteiger partial charge in [-0.05, 0) is 37.8 Å². The Kier molecular flexibility index (Phi) is 4.22. The lowest BCUT2D eigenvalue weighted by molar-refractivity contribution is 0.0690. The van der Waals surface area contributed by atoms with Crippen molar-refractivity contribution in [2.45, 2.75) is 32.7 Å². The van der Waals surface area contributed by atoms with Crippen LogP contribution in [0.15, 0.2) is 18.3 Å². The van der Waals surface area contributed by atoms with Gasteiger partial charge in [0.05, 0.1) is 11.9 Å². The van der Waals surface area contributed by atoms with Crippen LogP contribution in [0.25, 0.3) is 0 Å². The second kappa shape index (κ2) is 5.90. The van der Waals surface area contributed by atoms with Crippen molar-refractivity contribution in [3.05, 3.63) is 24.0 Å². The number of hydrogen-bond acceptors (Lipinski definition) is 3. The van der Waals surface area contributed by atoms with E-state index in [0.717, 1.165) is 19.4 Å². The molecule has 0 bridgehead atoms. The van der Waals surface area contributed by atoms with Crippen molar-refractivity contribution in [2.75, 3.05) is 11.9 Å². The van der Waals surface area contributed by atoms with E-state index in [0.29, 0.717) is 11.6 Å². The van der Waals surface area contributed by atoms with E-state index in [2.05, 4.69) is 24.1 Å². The maximum absolute atomic E-state index is 12.2. The molecule has 2 N–H and O–H groups in total. The molecule has 1 aliphatic heterocycles. The molecule has 1 fully saturated rings. The third-order valence-electron chi connectivity index (χ3n) is 3.87. The molecule has 1 saturated heterocycles. The summed E-state index contributed by atoms with van der Waals surface area (Å²) in [6.45, 7) is 4.94. The number of likely N-dealkylation sites (tertiary alicyclic amines) is 1. The van der Waals surface area contributed by atoms with Crippen LogP contribution in [0.2, 0.25) is 0 Å². The average Bonchev–Trinajstić information content (AvgIpc) is 2.42. The Morgan fingerprint density at radius 2 is 2.15 bits per heavy atom. The number of urea groups is 1. The number of anilines is 1. The highest BCUT2D eigenvalue weighted by Gasteiger charge is 2.28. The van der Waals surface area contributed by atoms with Crippen molar-refractivity contribution >= 4 is 17.7 Å². The number of hydrogen-bond donors (Lipinski definition) is 2. The molecule has 6 nitrogen and oxygen atoms in total. The molecule has 0 saturated carbocycles. The van der Waals surface area contributed by atoms with Gasteiger partial charge in [-0.15, -0.1) is 0 Å². The number of nitrogens with zero attached hydrogens (tertiary/aromatic N) is 2. The molecular weight excluding hydrogens is 258 g/mol. The molecule has 1 aliphatic rings. The van der Waals surface area contributed by atoms with E-state index in [4.69, 9.17) is 5.11 Å². The fraction of sp³-hybridized carbons (Fsp3) is 0.500. The second-order valence-electron chi connectivity index (χ2n) is 5.22. The smallest absolute Gasteiger partial charge is 0.354 e. The molecule has 2 heterocycles. The summed E-state index contributed by atoms with van der Waals surface area (Å²) in [6.07, 6.45) is 3.51. The van der Waals surface area contributed by atoms with Crippen molar-refractivity contribution in [2.24, 2.45) is 5.92 Å². The predicted molar refractivity (Wildman–Crippen MR) is 74.8 cm³/mol. The van der Waals surface area contributed by atoms with Gasteiger partial charge in [0.25, 0.3) is 0 Å². The van der Waals surface area contributed by atoms with E-state index in [1.165, 1.54) is 12.3 Å². The topological polar surface area (TPSA) is 82.5 Å². The zero-order chi connectivity index (χ0) is 14.7. The molecule has 2 unspecified atom stereocenters. The Bertz CT molecular complexity index is 501. The number of carbonyl (C=O) groups is 2. The molecule has 0 radical (unpaired) electrons. The van der Waals surface area contributed by atoms with Crippen LogP contribution in [-0.2, 0) is 0 Å². The maximum atomic E-state index is 12.2. The number of piperidine rings is 1. The first kappa shape index (κ1) is 14.3. The molecule has 1 aromatic rings. The van der Waals surface area contributed by atoms with Gasteiger partial charge in [-0.1, -0.05) is 6.92 Å². The Balaban J connectivity index is 2.02. The number of aromatic nitrogens is 1. The summed E-state index contributed by atoms with van der Waals surface area (Å²) in [6, 6.07) is 2.97. The van der Waals surface area contributed by atoms with Crippen LogP contribution in [0.5, 0.6) is 0 Å². The first-order chi connectivity index (χ1) is 9.49. The first-order valence-electron chi connectivity index (χ1n) is 6.76. The van der Waals surface area contributed by atoms with Gasteiger partial charge in [0.2, 0.25) is 0 Å². The number of carbonyl (C=O) groups excluding carboxylic acids is 1. The highest BCUT2D eigenvalue weighted by molar-refractivity contribution is 5.90. The van der Waals surface area contributed by atoms with Crippen LogP contribution in [-0.4, -0.2) is 39.6 Å². The summed E-state index contributed by atoms with van der Waals surface area (Å²) in [5.41, 5.74) is 0.466. The van der Waals surface area contributed by atoms with E-state index in [1.54, 1.807) is 6.07 Å². The minimum Gasteiger partial charge on any atom is -0.477 e. The van der Waals surface area contributed by atoms with Crippen molar-refractivity contribution in [3.8, 4) is 0 Å². The van der Waals surface area contributed by atoms with Crippen molar-refractivity contribution in [3.63, 3.8) is 0 Å². The number of amides is 2. The lowest BCUT2D eigenvalue weighted by atomic mass is 9.92. The highest BCUT2D eigenvalue weighted by Crippen LogP contribution is 2.23. The molecular formula is C14H19N3O3. The third-order valence-corrected chi connectivity index (χ3v) is 3.87. The molecule has 0 aromatic carbocycles. The van der Waals surface area contributed by atoms with Crippen LogP contribution in [0.4, 0.5) is 10.5 Å². The normalized spacial score (nSPS) is 22.4. The van der Waals surface area contributed by atoms with Crippen LogP contribution < -0.4 is 5.32 Å². The summed E-state index contributed by atoms with van der Waals surface area (Å²) in [5.74, 6) is -0.594. The van der Waals surface area contributed by atoms with Crippen LogP contribution in [0.1, 0.15) is 37.2 Å². The number of aromatic carboxylic acids is 1. The molecule has 2 rings (SSSR count). The molecule has 0 spiro atoms. The predicted octanol–water partition coefficient (Wildman–Crippen LogP) is 2.43. The standard InChI is InChI=1S/C14H19N3O3/c1-9-4-3-7-17(10(9)2)14(20)16-11-5-6-12(13(18)19)15-8-11/h5-6,8-10H,3-4,7H2,1-2H3,(H,16,20)(H,18,19). The molecule has 20 heavy (non-hydrogen) atoms. The summed E-state index contributed by atoms with van der Waals surface area (Å²) in [5, 5.41) is 11.5. The van der Waals surface area contributed by atoms with Crippen LogP contribution in [0.3, 0.4) is 0 Å². The summed E-state index contributed by atoms with van der Waals surface area (Å²) in [4.78, 5) is 28.5. The molecule has 2 amide bonds. The molecule has 6 heteroatoms. The minimum atomic E-state index is -1.08. The number of carboxylic acids is 1. The third kappa shape index (κ3) is 3.07. The fourth-order valence-corrected chi connectivity index (χ4v) is 2.41. The lowest BCUT2D eigenvalue weighted by Gasteiger charge is -2.37. The van der Waals surface area contributed by atoms with Crippen LogP contribution in [0, 0.1) is 5.92 Å². The van der Waals surface area contributed by atoms with Gasteiger partial charge in [0.1, 0.15) is 5.69 Å². The SMILES string of the molecule is CC1CCCN(C(=O)Nc2ccc(C(=O)O)nc2)C1C. The van der Waals surface area contributed by atoms with E-state index in [1.807, 2.05) is 4.90 Å². The minimum absolute atomic E-state index is 0.0389. The van der Waals surface area contributed by atoms with Gasteiger partial charge in [-0.2, -0.15) is 0 Å². The molecule has 2 atom stereocenters. The zero-order valence-corrected chi connectivity index (χ0v) is 11.7. The summed E-state index contributed by atoms with van der Waals surface area (Å²) >= 11 is 0. The fourth-order valence-electron chi connectivity index (χ4n) is 2.41. The van der Waals surface area contributed by atoms with E-state index in [9.17, 15) is 9.59 Å². The van der Waals surface area contributed by atoms with Crippen molar-refractivity contribution in [1.82, 2.24) is 9.88 Å². The van der Waals surface area contributed by atoms with Gasteiger partial charge < -0.3 is 15.3 Å². The zero-order valence-electron chi connectivity index (χ0n) is 11.7. The maximum Gasteiger partial charge on any atom is 0.354 e. The van der Waals surface area contributed by atoms with Crippen LogP contribution >= 0.6 is 0 Å². The van der Waals surface area contributed by atoms with Gasteiger partial charge in [0, 0.05) is 12.6 Å². The first-order valence-corrected chi connectivity index (χ1v) is 6.76. The monoisotopic (exact) mass is 277 g/mol. The number of nitrogens with one attached hydrogen (secondary N) is 1. The largest absolute Gasteiger partial charge is 0.477 e. The van der Waals surface area contributed by atoms with Gasteiger partial charge in [-0.25, -0.2) is 14.6 Å². The lowest BCUT2D eigenvalue weighted by Crippen LogP contribution is -2.47. The Labute approximate surface area is 117 Å².